The van der Waals surface area contributed by atoms with Crippen LogP contribution in [0.5, 0.6) is 0 Å². The molecule has 2 aromatic carbocycles. The average Bonchev–Trinajstić information content (AvgIpc) is 2.28. The third-order valence-electron chi connectivity index (χ3n) is 3.91. The first-order valence-corrected chi connectivity index (χ1v) is 5.71. The summed E-state index contributed by atoms with van der Waals surface area (Å²) in [6, 6.07) is 0.985. The van der Waals surface area contributed by atoms with Crippen LogP contribution in [-0.2, 0) is 0 Å². The number of hydrogen-bond acceptors (Lipinski definition) is 0. The van der Waals surface area contributed by atoms with E-state index in [4.69, 9.17) is 0 Å². The summed E-state index contributed by atoms with van der Waals surface area (Å²) in [5.74, 6) is -0.937. The van der Waals surface area contributed by atoms with Gasteiger partial charge >= 0.3 is 0 Å². The maximum absolute atomic E-state index is 13.9. The molecule has 17 heavy (non-hydrogen) atoms. The highest BCUT2D eigenvalue weighted by molar-refractivity contribution is 5.93. The van der Waals surface area contributed by atoms with E-state index in [1.807, 2.05) is 27.7 Å². The molecule has 0 atom stereocenters. The van der Waals surface area contributed by atoms with Crippen LogP contribution in [0.1, 0.15) is 27.8 Å². The molecule has 0 aliphatic heterocycles. The molecule has 90 valence electrons. The van der Waals surface area contributed by atoms with Gasteiger partial charge in [-0.1, -0.05) is 0 Å². The van der Waals surface area contributed by atoms with Gasteiger partial charge in [-0.15, -0.1) is 0 Å². The highest BCUT2D eigenvalue weighted by Gasteiger charge is 2.16. The van der Waals surface area contributed by atoms with Crippen LogP contribution in [0.25, 0.3) is 10.8 Å². The summed E-state index contributed by atoms with van der Waals surface area (Å²) in [6.45, 7) is 9.51. The van der Waals surface area contributed by atoms with Crippen LogP contribution in [0.3, 0.4) is 0 Å². The van der Waals surface area contributed by atoms with E-state index < -0.39 is 11.6 Å². The Morgan fingerprint density at radius 2 is 1.06 bits per heavy atom. The molecule has 0 saturated carbocycles. The first-order chi connectivity index (χ1) is 7.86. The molecule has 0 radical (unpaired) electrons. The molecule has 0 aromatic heterocycles. The van der Waals surface area contributed by atoms with Crippen LogP contribution in [0.4, 0.5) is 8.78 Å². The van der Waals surface area contributed by atoms with Gasteiger partial charge in [0.2, 0.25) is 0 Å². The van der Waals surface area contributed by atoms with Gasteiger partial charge < -0.3 is 0 Å². The second-order valence-corrected chi connectivity index (χ2v) is 4.72. The largest absolute Gasteiger partial charge is 0.207 e. The van der Waals surface area contributed by atoms with Gasteiger partial charge in [-0.3, -0.25) is 0 Å². The monoisotopic (exact) mass is 234 g/mol. The second kappa shape index (κ2) is 3.80. The third kappa shape index (κ3) is 1.54. The number of hydrogen-bond donors (Lipinski definition) is 0. The Morgan fingerprint density at radius 3 is 1.59 bits per heavy atom. The van der Waals surface area contributed by atoms with Crippen LogP contribution in [0.2, 0.25) is 0 Å². The maximum atomic E-state index is 13.9. The van der Waals surface area contributed by atoms with Crippen molar-refractivity contribution in [1.29, 1.82) is 0 Å². The predicted molar refractivity (Wildman–Crippen MR) is 67.5 cm³/mol. The first-order valence-electron chi connectivity index (χ1n) is 5.71. The molecule has 0 unspecified atom stereocenters. The average molecular weight is 234 g/mol. The summed E-state index contributed by atoms with van der Waals surface area (Å²) < 4.78 is 27.6. The van der Waals surface area contributed by atoms with E-state index in [9.17, 15) is 8.78 Å². The Hall–Kier alpha value is -1.44. The molecule has 0 aliphatic rings. The summed E-state index contributed by atoms with van der Waals surface area (Å²) in [5, 5.41) is 1.28. The molecule has 2 rings (SSSR count). The number of benzene rings is 2. The molecule has 2 heteroatoms. The van der Waals surface area contributed by atoms with Crippen molar-refractivity contribution < 1.29 is 8.78 Å². The number of rotatable bonds is 0. The van der Waals surface area contributed by atoms with Crippen LogP contribution in [0, 0.1) is 46.3 Å². The predicted octanol–water partition coefficient (Wildman–Crippen LogP) is 4.66. The van der Waals surface area contributed by atoms with Crippen molar-refractivity contribution in [3.63, 3.8) is 0 Å². The van der Waals surface area contributed by atoms with Crippen LogP contribution < -0.4 is 0 Å². The Morgan fingerprint density at radius 1 is 0.588 bits per heavy atom. The number of fused-ring (bicyclic) bond motifs is 1. The van der Waals surface area contributed by atoms with E-state index in [0.29, 0.717) is 10.9 Å². The van der Waals surface area contributed by atoms with Crippen LogP contribution >= 0.6 is 0 Å². The lowest BCUT2D eigenvalue weighted by Gasteiger charge is -2.16. The van der Waals surface area contributed by atoms with Crippen LogP contribution in [0.15, 0.2) is 6.07 Å². The van der Waals surface area contributed by atoms with E-state index in [1.165, 1.54) is 0 Å². The second-order valence-electron chi connectivity index (χ2n) is 4.72. The SMILES string of the molecule is Cc1c(C)c(C)c2c(C)c(F)cc(F)c2c1C. The van der Waals surface area contributed by atoms with E-state index >= 15 is 0 Å². The van der Waals surface area contributed by atoms with Gasteiger partial charge in [0.25, 0.3) is 0 Å². The molecule has 0 N–H and O–H groups in total. The van der Waals surface area contributed by atoms with E-state index in [0.717, 1.165) is 33.7 Å². The highest BCUT2D eigenvalue weighted by Crippen LogP contribution is 2.34. The van der Waals surface area contributed by atoms with Gasteiger partial charge in [0, 0.05) is 11.5 Å². The highest BCUT2D eigenvalue weighted by atomic mass is 19.1. The molecule has 0 fully saturated rings. The smallest absolute Gasteiger partial charge is 0.134 e. The third-order valence-corrected chi connectivity index (χ3v) is 3.91. The molecule has 0 heterocycles. The molecule has 0 spiro atoms. The maximum Gasteiger partial charge on any atom is 0.134 e. The number of aryl methyl sites for hydroxylation is 3. The quantitative estimate of drug-likeness (QED) is 0.622. The van der Waals surface area contributed by atoms with Crippen molar-refractivity contribution >= 4 is 10.8 Å². The summed E-state index contributed by atoms with van der Waals surface area (Å²) in [7, 11) is 0. The minimum atomic E-state index is -0.472. The zero-order valence-corrected chi connectivity index (χ0v) is 10.8. The van der Waals surface area contributed by atoms with Crippen LogP contribution in [-0.4, -0.2) is 0 Å². The normalized spacial score (nSPS) is 11.2. The molecule has 0 nitrogen and oxygen atoms in total. The number of halogens is 2. The van der Waals surface area contributed by atoms with Gasteiger partial charge in [-0.05, 0) is 67.8 Å². The first kappa shape index (κ1) is 12.0. The minimum absolute atomic E-state index is 0.466. The lowest BCUT2D eigenvalue weighted by molar-refractivity contribution is 0.586. The topological polar surface area (TPSA) is 0 Å². The Kier molecular flexibility index (Phi) is 2.69. The molecular formula is C15H16F2. The van der Waals surface area contributed by atoms with Crippen molar-refractivity contribution in [2.24, 2.45) is 0 Å². The fourth-order valence-corrected chi connectivity index (χ4v) is 2.49. The van der Waals surface area contributed by atoms with Crippen molar-refractivity contribution in [1.82, 2.24) is 0 Å². The lowest BCUT2D eigenvalue weighted by Crippen LogP contribution is -1.99. The fraction of sp³-hybridized carbons (Fsp3) is 0.333. The Balaban J connectivity index is 3.17. The van der Waals surface area contributed by atoms with Crippen molar-refractivity contribution in [2.45, 2.75) is 34.6 Å². The summed E-state index contributed by atoms with van der Waals surface area (Å²) in [4.78, 5) is 0. The lowest BCUT2D eigenvalue weighted by atomic mass is 9.89. The van der Waals surface area contributed by atoms with E-state index in [2.05, 4.69) is 0 Å². The Bertz CT molecular complexity index is 625. The fourth-order valence-electron chi connectivity index (χ4n) is 2.49. The molecular weight excluding hydrogens is 218 g/mol. The minimum Gasteiger partial charge on any atom is -0.207 e. The van der Waals surface area contributed by atoms with Gasteiger partial charge in [0.05, 0.1) is 0 Å². The zero-order chi connectivity index (χ0) is 12.9. The molecule has 0 bridgehead atoms. The van der Waals surface area contributed by atoms with Gasteiger partial charge in [0.1, 0.15) is 11.6 Å². The summed E-state index contributed by atoms with van der Waals surface area (Å²) >= 11 is 0. The van der Waals surface area contributed by atoms with Crippen molar-refractivity contribution in [3.05, 3.63) is 45.5 Å². The van der Waals surface area contributed by atoms with E-state index in [-0.39, 0.29) is 0 Å². The zero-order valence-electron chi connectivity index (χ0n) is 10.8. The summed E-state index contributed by atoms with van der Waals surface area (Å²) in [6.07, 6.45) is 0. The van der Waals surface area contributed by atoms with Crippen molar-refractivity contribution in [3.8, 4) is 0 Å². The summed E-state index contributed by atoms with van der Waals surface area (Å²) in [5.41, 5.74) is 4.61. The molecule has 0 amide bonds. The standard InChI is InChI=1S/C15H16F2/c1-7-8(2)10(4)15-13(17)6-12(16)11(5)14(15)9(7)3/h6H,1-5H3. The van der Waals surface area contributed by atoms with Gasteiger partial charge in [0.15, 0.2) is 0 Å². The molecule has 2 aromatic rings. The van der Waals surface area contributed by atoms with E-state index in [1.54, 1.807) is 6.92 Å². The van der Waals surface area contributed by atoms with Crippen molar-refractivity contribution in [2.75, 3.05) is 0 Å². The Labute approximate surface area is 100 Å². The van der Waals surface area contributed by atoms with Gasteiger partial charge in [-0.25, -0.2) is 8.78 Å². The molecule has 0 aliphatic carbocycles. The molecule has 0 saturated heterocycles. The van der Waals surface area contributed by atoms with Gasteiger partial charge in [-0.2, -0.15) is 0 Å².